The normalized spacial score (nSPS) is 23.0. The summed E-state index contributed by atoms with van der Waals surface area (Å²) in [5, 5.41) is 2.84. The highest BCUT2D eigenvalue weighted by atomic mass is 19.4. The first-order valence-electron chi connectivity index (χ1n) is 4.48. The van der Waals surface area contributed by atoms with Gasteiger partial charge in [0.2, 0.25) is 0 Å². The third kappa shape index (κ3) is 4.24. The molecule has 0 aliphatic carbocycles. The minimum atomic E-state index is -4.31. The summed E-state index contributed by atoms with van der Waals surface area (Å²) in [5.74, 6) is 0.157. The summed E-state index contributed by atoms with van der Waals surface area (Å²) in [6, 6.07) is -0.176. The first kappa shape index (κ1) is 11.9. The van der Waals surface area contributed by atoms with Crippen LogP contribution in [0.15, 0.2) is 24.1 Å². The van der Waals surface area contributed by atoms with Crippen molar-refractivity contribution in [3.8, 4) is 0 Å². The van der Waals surface area contributed by atoms with Gasteiger partial charge in [0.05, 0.1) is 6.04 Å². The molecule has 1 aliphatic rings. The molecule has 0 aromatic heterocycles. The largest absolute Gasteiger partial charge is 0.483 e. The fraction of sp³-hybridized carbons (Fsp3) is 0.556. The Bertz CT molecular complexity index is 271. The van der Waals surface area contributed by atoms with E-state index in [1.165, 1.54) is 12.3 Å². The lowest BCUT2D eigenvalue weighted by atomic mass is 10.1. The highest BCUT2D eigenvalue weighted by Gasteiger charge is 2.28. The van der Waals surface area contributed by atoms with Crippen molar-refractivity contribution in [2.75, 3.05) is 6.61 Å². The molecule has 0 saturated carbocycles. The number of allylic oxidation sites excluding steroid dienone is 1. The van der Waals surface area contributed by atoms with E-state index in [1.54, 1.807) is 13.0 Å². The fourth-order valence-electron chi connectivity index (χ4n) is 1.06. The van der Waals surface area contributed by atoms with Crippen molar-refractivity contribution < 1.29 is 17.9 Å². The molecule has 0 radical (unpaired) electrons. The zero-order valence-corrected chi connectivity index (χ0v) is 8.21. The van der Waals surface area contributed by atoms with Gasteiger partial charge in [-0.25, -0.2) is 0 Å². The highest BCUT2D eigenvalue weighted by Crippen LogP contribution is 2.17. The predicted octanol–water partition coefficient (Wildman–Crippen LogP) is 1.28. The van der Waals surface area contributed by atoms with Gasteiger partial charge in [-0.1, -0.05) is 6.08 Å². The number of ether oxygens (including phenoxy) is 1. The summed E-state index contributed by atoms with van der Waals surface area (Å²) in [5.41, 5.74) is 5.59. The molecule has 1 aliphatic heterocycles. The molecule has 1 rings (SSSR count). The van der Waals surface area contributed by atoms with Gasteiger partial charge in [0, 0.05) is 12.2 Å². The molecule has 0 aromatic carbocycles. The molecule has 86 valence electrons. The second-order valence-electron chi connectivity index (χ2n) is 3.36. The summed E-state index contributed by atoms with van der Waals surface area (Å²) >= 11 is 0. The van der Waals surface area contributed by atoms with Crippen molar-refractivity contribution in [1.82, 2.24) is 5.32 Å². The molecule has 0 amide bonds. The predicted molar refractivity (Wildman–Crippen MR) is 49.8 cm³/mol. The van der Waals surface area contributed by atoms with Gasteiger partial charge in [-0.15, -0.1) is 0 Å². The third-order valence-corrected chi connectivity index (χ3v) is 1.85. The van der Waals surface area contributed by atoms with Crippen LogP contribution in [0.4, 0.5) is 13.2 Å². The van der Waals surface area contributed by atoms with Crippen LogP contribution in [-0.4, -0.2) is 24.9 Å². The molecule has 3 nitrogen and oxygen atoms in total. The molecule has 0 fully saturated rings. The topological polar surface area (TPSA) is 47.3 Å². The van der Waals surface area contributed by atoms with Crippen LogP contribution < -0.4 is 11.1 Å². The Hall–Kier alpha value is -1.17. The number of rotatable bonds is 3. The first-order valence-corrected chi connectivity index (χ1v) is 4.48. The van der Waals surface area contributed by atoms with Gasteiger partial charge in [-0.3, -0.25) is 0 Å². The molecule has 1 unspecified atom stereocenters. The zero-order valence-electron chi connectivity index (χ0n) is 8.21. The number of nitrogens with one attached hydrogen (secondary N) is 1. The molecule has 0 spiro atoms. The average molecular weight is 222 g/mol. The van der Waals surface area contributed by atoms with Crippen LogP contribution in [0, 0.1) is 0 Å². The molecule has 0 saturated heterocycles. The van der Waals surface area contributed by atoms with Crippen LogP contribution in [0.2, 0.25) is 0 Å². The summed E-state index contributed by atoms with van der Waals surface area (Å²) in [6.07, 6.45) is 0.235. The third-order valence-electron chi connectivity index (χ3n) is 1.85. The van der Waals surface area contributed by atoms with E-state index in [-0.39, 0.29) is 17.8 Å². The number of hydrogen-bond acceptors (Lipinski definition) is 3. The van der Waals surface area contributed by atoms with E-state index in [1.807, 2.05) is 0 Å². The van der Waals surface area contributed by atoms with Crippen molar-refractivity contribution in [2.45, 2.75) is 25.2 Å². The standard InChI is InChI=1S/C9H13F3N2O/c1-6(13)8-3-2-7(4-14-8)15-5-9(10,11)12/h2-4,6,8,14H,5,13H2,1H3/t6-,8?/m1/s1. The van der Waals surface area contributed by atoms with Gasteiger partial charge >= 0.3 is 6.18 Å². The Kier molecular flexibility index (Phi) is 3.62. The van der Waals surface area contributed by atoms with Crippen molar-refractivity contribution >= 4 is 0 Å². The molecular weight excluding hydrogens is 209 g/mol. The number of dihydropyridines is 1. The maximum Gasteiger partial charge on any atom is 0.422 e. The lowest BCUT2D eigenvalue weighted by molar-refractivity contribution is -0.163. The molecular formula is C9H13F3N2O. The minimum Gasteiger partial charge on any atom is -0.483 e. The van der Waals surface area contributed by atoms with Crippen molar-refractivity contribution in [1.29, 1.82) is 0 Å². The molecule has 2 atom stereocenters. The van der Waals surface area contributed by atoms with E-state index in [0.29, 0.717) is 0 Å². The van der Waals surface area contributed by atoms with Crippen LogP contribution in [0.5, 0.6) is 0 Å². The quantitative estimate of drug-likeness (QED) is 0.756. The van der Waals surface area contributed by atoms with Crippen molar-refractivity contribution in [3.63, 3.8) is 0 Å². The molecule has 0 bridgehead atoms. The average Bonchev–Trinajstić information content (AvgIpc) is 2.14. The Morgan fingerprint density at radius 3 is 2.67 bits per heavy atom. The molecule has 3 N–H and O–H groups in total. The van der Waals surface area contributed by atoms with E-state index >= 15 is 0 Å². The maximum absolute atomic E-state index is 11.8. The number of nitrogens with two attached hydrogens (primary N) is 1. The Morgan fingerprint density at radius 1 is 1.60 bits per heavy atom. The van der Waals surface area contributed by atoms with Crippen molar-refractivity contribution in [3.05, 3.63) is 24.1 Å². The first-order chi connectivity index (χ1) is 6.88. The van der Waals surface area contributed by atoms with Gasteiger partial charge in [-0.2, -0.15) is 13.2 Å². The second kappa shape index (κ2) is 4.57. The molecule has 1 heterocycles. The summed E-state index contributed by atoms with van der Waals surface area (Å²) in [7, 11) is 0. The van der Waals surface area contributed by atoms with Crippen LogP contribution >= 0.6 is 0 Å². The van der Waals surface area contributed by atoms with E-state index in [4.69, 9.17) is 5.73 Å². The van der Waals surface area contributed by atoms with E-state index in [9.17, 15) is 13.2 Å². The van der Waals surface area contributed by atoms with Gasteiger partial charge in [0.1, 0.15) is 5.76 Å². The molecule has 0 aromatic rings. The second-order valence-corrected chi connectivity index (χ2v) is 3.36. The number of hydrogen-bond donors (Lipinski definition) is 2. The van der Waals surface area contributed by atoms with E-state index < -0.39 is 12.8 Å². The van der Waals surface area contributed by atoms with Crippen LogP contribution in [-0.2, 0) is 4.74 Å². The van der Waals surface area contributed by atoms with Gasteiger partial charge in [0.15, 0.2) is 6.61 Å². The lowest BCUT2D eigenvalue weighted by Crippen LogP contribution is -2.40. The van der Waals surface area contributed by atoms with Crippen molar-refractivity contribution in [2.24, 2.45) is 5.73 Å². The summed E-state index contributed by atoms with van der Waals surface area (Å²) in [6.45, 7) is 0.519. The van der Waals surface area contributed by atoms with Gasteiger partial charge < -0.3 is 15.8 Å². The Morgan fingerprint density at radius 2 is 2.27 bits per heavy atom. The fourth-order valence-corrected chi connectivity index (χ4v) is 1.06. The van der Waals surface area contributed by atoms with E-state index in [0.717, 1.165) is 0 Å². The monoisotopic (exact) mass is 222 g/mol. The SMILES string of the molecule is C[C@@H](N)C1C=CC(OCC(F)(F)F)=CN1. The highest BCUT2D eigenvalue weighted by molar-refractivity contribution is 5.20. The van der Waals surface area contributed by atoms with Gasteiger partial charge in [-0.05, 0) is 13.0 Å². The lowest BCUT2D eigenvalue weighted by Gasteiger charge is -2.22. The Labute approximate surface area is 85.8 Å². The van der Waals surface area contributed by atoms with Crippen LogP contribution in [0.25, 0.3) is 0 Å². The molecule has 15 heavy (non-hydrogen) atoms. The van der Waals surface area contributed by atoms with Crippen LogP contribution in [0.3, 0.4) is 0 Å². The number of alkyl halides is 3. The minimum absolute atomic E-state index is 0.0664. The Balaban J connectivity index is 2.39. The maximum atomic E-state index is 11.8. The summed E-state index contributed by atoms with van der Waals surface area (Å²) < 4.78 is 39.9. The smallest absolute Gasteiger partial charge is 0.422 e. The molecule has 6 heteroatoms. The van der Waals surface area contributed by atoms with E-state index in [2.05, 4.69) is 10.1 Å². The summed E-state index contributed by atoms with van der Waals surface area (Å²) in [4.78, 5) is 0. The number of halogens is 3. The zero-order chi connectivity index (χ0) is 11.5. The van der Waals surface area contributed by atoms with Crippen LogP contribution in [0.1, 0.15) is 6.92 Å². The van der Waals surface area contributed by atoms with Gasteiger partial charge in [0.25, 0.3) is 0 Å².